The summed E-state index contributed by atoms with van der Waals surface area (Å²) in [5, 5.41) is -0.0645. The van der Waals surface area contributed by atoms with Crippen LogP contribution in [0, 0.1) is 52.3 Å². The topological polar surface area (TPSA) is 9.23 Å². The van der Waals surface area contributed by atoms with E-state index >= 15 is 0 Å². The average Bonchev–Trinajstić information content (AvgIpc) is 2.80. The molecule has 0 N–H and O–H groups in total. The molecule has 0 heterocycles. The molecule has 0 aromatic heterocycles. The molecule has 0 amide bonds. The highest BCUT2D eigenvalue weighted by atomic mass is 35.5. The SMILES string of the molecule is C=C[C@@H](Cl)[C@H](OB([C@@H]1C[C@@H]2C[C@H]([C@H]1C)C2(C)C)[C@@H]1C[C@@H]2C[C@H]([C@H]1C)C2(C)C)C1CCCCC1. The molecule has 7 rings (SSSR count). The highest BCUT2D eigenvalue weighted by Crippen LogP contribution is 2.69. The molecule has 186 valence electrons. The molecule has 10 atom stereocenters. The van der Waals surface area contributed by atoms with Crippen LogP contribution in [0.4, 0.5) is 0 Å². The Hall–Kier alpha value is 0.0549. The molecule has 0 aliphatic heterocycles. The number of rotatable bonds is 7. The fraction of sp³-hybridized carbons (Fsp3) is 0.933. The van der Waals surface area contributed by atoms with Crippen LogP contribution >= 0.6 is 11.6 Å². The maximum Gasteiger partial charge on any atom is 0.300 e. The predicted octanol–water partition coefficient (Wildman–Crippen LogP) is 8.88. The Bertz CT molecular complexity index is 685. The van der Waals surface area contributed by atoms with E-state index in [1.807, 2.05) is 6.08 Å². The zero-order valence-electron chi connectivity index (χ0n) is 22.4. The van der Waals surface area contributed by atoms with Gasteiger partial charge in [-0.25, -0.2) is 0 Å². The van der Waals surface area contributed by atoms with Gasteiger partial charge in [-0.15, -0.1) is 18.2 Å². The molecule has 7 aliphatic rings. The highest BCUT2D eigenvalue weighted by molar-refractivity contribution is 6.56. The maximum atomic E-state index is 7.43. The second kappa shape index (κ2) is 8.86. The van der Waals surface area contributed by atoms with E-state index in [0.717, 1.165) is 35.5 Å². The summed E-state index contributed by atoms with van der Waals surface area (Å²) in [7, 11) is 0. The molecule has 7 saturated carbocycles. The molecule has 4 bridgehead atoms. The summed E-state index contributed by atoms with van der Waals surface area (Å²) < 4.78 is 7.43. The minimum atomic E-state index is -0.0645. The lowest BCUT2D eigenvalue weighted by Crippen LogP contribution is -2.61. The second-order valence-corrected chi connectivity index (χ2v) is 14.9. The van der Waals surface area contributed by atoms with Crippen LogP contribution in [0.15, 0.2) is 12.7 Å². The van der Waals surface area contributed by atoms with Crippen LogP contribution in [0.2, 0.25) is 11.6 Å². The van der Waals surface area contributed by atoms with E-state index in [-0.39, 0.29) is 11.5 Å². The van der Waals surface area contributed by atoms with Crippen LogP contribution in [-0.4, -0.2) is 18.4 Å². The Kier molecular flexibility index (Phi) is 6.64. The van der Waals surface area contributed by atoms with Crippen molar-refractivity contribution in [1.29, 1.82) is 0 Å². The van der Waals surface area contributed by atoms with Crippen molar-refractivity contribution in [3.63, 3.8) is 0 Å². The fourth-order valence-electron chi connectivity index (χ4n) is 9.99. The van der Waals surface area contributed by atoms with Gasteiger partial charge in [0.2, 0.25) is 0 Å². The minimum Gasteiger partial charge on any atom is -0.431 e. The number of hydrogen-bond acceptors (Lipinski definition) is 1. The van der Waals surface area contributed by atoms with Crippen molar-refractivity contribution in [1.82, 2.24) is 0 Å². The van der Waals surface area contributed by atoms with Gasteiger partial charge in [0.05, 0.1) is 11.5 Å². The van der Waals surface area contributed by atoms with E-state index in [1.54, 1.807) is 0 Å². The van der Waals surface area contributed by atoms with Gasteiger partial charge in [-0.3, -0.25) is 0 Å². The molecule has 3 heteroatoms. The fourth-order valence-corrected chi connectivity index (χ4v) is 10.3. The lowest BCUT2D eigenvalue weighted by atomic mass is 9.27. The zero-order chi connectivity index (χ0) is 23.7. The van der Waals surface area contributed by atoms with Gasteiger partial charge >= 0.3 is 0 Å². The first-order valence-electron chi connectivity index (χ1n) is 14.5. The summed E-state index contributed by atoms with van der Waals surface area (Å²) in [5.74, 6) is 7.06. The van der Waals surface area contributed by atoms with Crippen molar-refractivity contribution in [2.24, 2.45) is 52.3 Å². The first-order chi connectivity index (χ1) is 15.6. The van der Waals surface area contributed by atoms with Gasteiger partial charge < -0.3 is 4.65 Å². The summed E-state index contributed by atoms with van der Waals surface area (Å²) in [6.07, 6.45) is 14.4. The van der Waals surface area contributed by atoms with Crippen LogP contribution in [0.3, 0.4) is 0 Å². The minimum absolute atomic E-state index is 0.0645. The third kappa shape index (κ3) is 3.91. The lowest BCUT2D eigenvalue weighted by molar-refractivity contribution is -0.113. The average molecular weight is 473 g/mol. The number of hydrogen-bond donors (Lipinski definition) is 0. The van der Waals surface area contributed by atoms with Crippen molar-refractivity contribution < 1.29 is 4.65 Å². The molecule has 0 radical (unpaired) electrons. The van der Waals surface area contributed by atoms with Gasteiger partial charge in [0, 0.05) is 0 Å². The van der Waals surface area contributed by atoms with Crippen LogP contribution in [0.25, 0.3) is 0 Å². The van der Waals surface area contributed by atoms with Crippen molar-refractivity contribution in [3.8, 4) is 0 Å². The van der Waals surface area contributed by atoms with E-state index in [4.69, 9.17) is 16.3 Å². The Morgan fingerprint density at radius 1 is 0.848 bits per heavy atom. The van der Waals surface area contributed by atoms with Crippen LogP contribution in [0.1, 0.15) is 99.3 Å². The highest BCUT2D eigenvalue weighted by Gasteiger charge is 2.63. The molecule has 0 spiro atoms. The third-order valence-corrected chi connectivity index (χ3v) is 13.1. The van der Waals surface area contributed by atoms with Gasteiger partial charge in [0.1, 0.15) is 0 Å². The molecule has 0 aromatic rings. The van der Waals surface area contributed by atoms with Crippen LogP contribution in [0.5, 0.6) is 0 Å². The van der Waals surface area contributed by atoms with Crippen LogP contribution < -0.4 is 0 Å². The number of halogens is 1. The van der Waals surface area contributed by atoms with E-state index in [9.17, 15) is 0 Å². The Morgan fingerprint density at radius 3 is 1.73 bits per heavy atom. The predicted molar refractivity (Wildman–Crippen MR) is 143 cm³/mol. The van der Waals surface area contributed by atoms with Gasteiger partial charge in [0.25, 0.3) is 6.92 Å². The Morgan fingerprint density at radius 2 is 1.33 bits per heavy atom. The molecular formula is C30H50BClO. The molecule has 0 unspecified atom stereocenters. The van der Waals surface area contributed by atoms with Crippen LogP contribution in [-0.2, 0) is 4.65 Å². The molecule has 7 aliphatic carbocycles. The monoisotopic (exact) mass is 472 g/mol. The lowest BCUT2D eigenvalue weighted by Gasteiger charge is -2.66. The summed E-state index contributed by atoms with van der Waals surface area (Å²) in [5.41, 5.74) is 1.06. The Labute approximate surface area is 210 Å². The van der Waals surface area contributed by atoms with Gasteiger partial charge in [-0.1, -0.05) is 79.7 Å². The maximum absolute atomic E-state index is 7.43. The summed E-state index contributed by atoms with van der Waals surface area (Å²) in [6.45, 7) is 19.8. The summed E-state index contributed by atoms with van der Waals surface area (Å²) >= 11 is 6.98. The van der Waals surface area contributed by atoms with Crippen molar-refractivity contribution in [2.75, 3.05) is 0 Å². The molecule has 0 saturated heterocycles. The Balaban J connectivity index is 1.43. The normalized spacial score (nSPS) is 45.3. The van der Waals surface area contributed by atoms with Gasteiger partial charge in [-0.05, 0) is 89.6 Å². The van der Waals surface area contributed by atoms with E-state index < -0.39 is 0 Å². The molecule has 7 fully saturated rings. The zero-order valence-corrected chi connectivity index (χ0v) is 23.1. The third-order valence-electron chi connectivity index (χ3n) is 12.6. The standard InChI is InChI=1S/C30H50BClO/c1-8-27(32)28(20-12-10-9-11-13-20)33-31(25-16-21-14-23(18(25)2)29(21,4)5)26-17-22-15-24(19(26)3)30(22,6)7/h8,18-28H,1,9-17H2,2-7H3/t18-,19-,21+,22+,23-,24-,25-,26-,27-,28-/m1/s1. The van der Waals surface area contributed by atoms with Crippen molar-refractivity contribution in [3.05, 3.63) is 12.7 Å². The van der Waals surface area contributed by atoms with Gasteiger partial charge in [0.15, 0.2) is 0 Å². The summed E-state index contributed by atoms with van der Waals surface area (Å²) in [4.78, 5) is 0. The first-order valence-corrected chi connectivity index (χ1v) is 14.9. The molecule has 0 aromatic carbocycles. The van der Waals surface area contributed by atoms with Gasteiger partial charge in [-0.2, -0.15) is 0 Å². The molecular weight excluding hydrogens is 423 g/mol. The van der Waals surface area contributed by atoms with Crippen molar-refractivity contribution >= 4 is 18.5 Å². The van der Waals surface area contributed by atoms with Crippen molar-refractivity contribution in [2.45, 2.75) is 122 Å². The quantitative estimate of drug-likeness (QED) is 0.204. The smallest absolute Gasteiger partial charge is 0.300 e. The molecule has 1 nitrogen and oxygen atoms in total. The number of fused-ring (bicyclic) bond motifs is 4. The number of alkyl halides is 1. The second-order valence-electron chi connectivity index (χ2n) is 14.4. The van der Waals surface area contributed by atoms with E-state index in [0.29, 0.717) is 35.3 Å². The summed E-state index contributed by atoms with van der Waals surface area (Å²) in [6, 6.07) is 0. The molecule has 33 heavy (non-hydrogen) atoms. The van der Waals surface area contributed by atoms with E-state index in [2.05, 4.69) is 48.1 Å². The first kappa shape index (κ1) is 24.7. The largest absolute Gasteiger partial charge is 0.431 e. The van der Waals surface area contributed by atoms with E-state index in [1.165, 1.54) is 57.8 Å².